The zero-order valence-corrected chi connectivity index (χ0v) is 9.55. The molecule has 1 N–H and O–H groups in total. The van der Waals surface area contributed by atoms with Gasteiger partial charge in [-0.05, 0) is 24.0 Å². The molecule has 82 valence electrons. The molecule has 0 bridgehead atoms. The lowest BCUT2D eigenvalue weighted by atomic mass is 9.97. The molecule has 3 heteroatoms. The molecule has 1 saturated carbocycles. The maximum absolute atomic E-state index is 11.3. The van der Waals surface area contributed by atoms with Gasteiger partial charge in [-0.3, -0.25) is 4.79 Å². The van der Waals surface area contributed by atoms with E-state index in [0.29, 0.717) is 18.1 Å². The summed E-state index contributed by atoms with van der Waals surface area (Å²) in [5.41, 5.74) is 2.22. The molecule has 1 aromatic heterocycles. The van der Waals surface area contributed by atoms with Gasteiger partial charge in [0.1, 0.15) is 5.78 Å². The fourth-order valence-electron chi connectivity index (χ4n) is 2.56. The van der Waals surface area contributed by atoms with Crippen LogP contribution in [-0.2, 0) is 4.79 Å². The number of aromatic amines is 1. The van der Waals surface area contributed by atoms with E-state index >= 15 is 0 Å². The van der Waals surface area contributed by atoms with Gasteiger partial charge in [0.15, 0.2) is 0 Å². The molecule has 1 aliphatic rings. The van der Waals surface area contributed by atoms with E-state index in [4.69, 9.17) is 11.6 Å². The molecule has 2 aromatic rings. The minimum Gasteiger partial charge on any atom is -0.360 e. The van der Waals surface area contributed by atoms with E-state index in [1.165, 1.54) is 5.56 Å². The number of aromatic nitrogens is 1. The van der Waals surface area contributed by atoms with Gasteiger partial charge in [-0.1, -0.05) is 23.7 Å². The summed E-state index contributed by atoms with van der Waals surface area (Å²) >= 11 is 6.11. The monoisotopic (exact) mass is 233 g/mol. The molecule has 1 atom stereocenters. The summed E-state index contributed by atoms with van der Waals surface area (Å²) in [6.45, 7) is 0. The van der Waals surface area contributed by atoms with Gasteiger partial charge in [0.25, 0.3) is 0 Å². The van der Waals surface area contributed by atoms with Crippen LogP contribution in [0.25, 0.3) is 10.9 Å². The van der Waals surface area contributed by atoms with Crippen LogP contribution in [0.4, 0.5) is 0 Å². The average Bonchev–Trinajstić information content (AvgIpc) is 2.84. The first kappa shape index (κ1) is 9.91. The number of carbonyl (C=O) groups is 1. The van der Waals surface area contributed by atoms with Crippen molar-refractivity contribution in [2.45, 2.75) is 25.2 Å². The second kappa shape index (κ2) is 3.63. The van der Waals surface area contributed by atoms with Crippen LogP contribution in [0, 0.1) is 0 Å². The Morgan fingerprint density at radius 2 is 2.25 bits per heavy atom. The number of fused-ring (bicyclic) bond motifs is 1. The van der Waals surface area contributed by atoms with Crippen molar-refractivity contribution in [1.82, 2.24) is 4.98 Å². The van der Waals surface area contributed by atoms with E-state index in [2.05, 4.69) is 11.1 Å². The summed E-state index contributed by atoms with van der Waals surface area (Å²) in [7, 11) is 0. The lowest BCUT2D eigenvalue weighted by Crippen LogP contribution is -1.92. The van der Waals surface area contributed by atoms with E-state index in [0.717, 1.165) is 28.8 Å². The topological polar surface area (TPSA) is 32.9 Å². The molecule has 1 aliphatic carbocycles. The number of hydrogen-bond acceptors (Lipinski definition) is 1. The minimum atomic E-state index is 0.375. The van der Waals surface area contributed by atoms with Crippen molar-refractivity contribution in [2.24, 2.45) is 0 Å². The molecule has 0 saturated heterocycles. The number of Topliss-reactive ketones (excluding diaryl/α,β-unsaturated/α-hetero) is 1. The Kier molecular flexibility index (Phi) is 2.25. The van der Waals surface area contributed by atoms with Gasteiger partial charge in [-0.2, -0.15) is 0 Å². The number of rotatable bonds is 1. The summed E-state index contributed by atoms with van der Waals surface area (Å²) in [4.78, 5) is 14.5. The Bertz CT molecular complexity index is 558. The maximum Gasteiger partial charge on any atom is 0.133 e. The molecule has 1 fully saturated rings. The molecule has 0 radical (unpaired) electrons. The summed E-state index contributed by atoms with van der Waals surface area (Å²) < 4.78 is 0. The van der Waals surface area contributed by atoms with E-state index in [1.54, 1.807) is 0 Å². The molecular weight excluding hydrogens is 222 g/mol. The number of nitrogens with one attached hydrogen (secondary N) is 1. The van der Waals surface area contributed by atoms with Crippen molar-refractivity contribution in [1.29, 1.82) is 0 Å². The Morgan fingerprint density at radius 1 is 1.38 bits per heavy atom. The number of halogens is 1. The second-order valence-corrected chi connectivity index (χ2v) is 4.79. The van der Waals surface area contributed by atoms with Crippen LogP contribution in [0.2, 0.25) is 5.02 Å². The highest BCUT2D eigenvalue weighted by Gasteiger charge is 2.25. The number of hydrogen-bond donors (Lipinski definition) is 1. The number of H-pyrrole nitrogens is 1. The zero-order chi connectivity index (χ0) is 11.1. The highest BCUT2D eigenvalue weighted by Crippen LogP contribution is 2.37. The molecule has 3 rings (SSSR count). The number of para-hydroxylation sites is 1. The fourth-order valence-corrected chi connectivity index (χ4v) is 2.79. The molecular formula is C13H12ClNO. The fraction of sp³-hybridized carbons (Fsp3) is 0.308. The lowest BCUT2D eigenvalue weighted by molar-refractivity contribution is -0.117. The quantitative estimate of drug-likeness (QED) is 0.801. The third kappa shape index (κ3) is 1.45. The van der Waals surface area contributed by atoms with Gasteiger partial charge < -0.3 is 4.98 Å². The van der Waals surface area contributed by atoms with Crippen LogP contribution < -0.4 is 0 Å². The predicted octanol–water partition coefficient (Wildman–Crippen LogP) is 3.66. The van der Waals surface area contributed by atoms with E-state index in [1.807, 2.05) is 18.3 Å². The molecule has 2 nitrogen and oxygen atoms in total. The summed E-state index contributed by atoms with van der Waals surface area (Å²) in [5.74, 6) is 0.751. The van der Waals surface area contributed by atoms with Crippen molar-refractivity contribution in [3.8, 4) is 0 Å². The largest absolute Gasteiger partial charge is 0.360 e. The minimum absolute atomic E-state index is 0.375. The average molecular weight is 234 g/mol. The third-order valence-electron chi connectivity index (χ3n) is 3.38. The van der Waals surface area contributed by atoms with Gasteiger partial charge in [-0.15, -0.1) is 0 Å². The lowest BCUT2D eigenvalue weighted by Gasteiger charge is -2.06. The maximum atomic E-state index is 11.3. The highest BCUT2D eigenvalue weighted by atomic mass is 35.5. The van der Waals surface area contributed by atoms with Gasteiger partial charge in [0.2, 0.25) is 0 Å². The van der Waals surface area contributed by atoms with Gasteiger partial charge in [0, 0.05) is 24.4 Å². The van der Waals surface area contributed by atoms with Crippen LogP contribution in [0.3, 0.4) is 0 Å². The van der Waals surface area contributed by atoms with Crippen LogP contribution in [0.1, 0.15) is 30.7 Å². The number of carbonyl (C=O) groups excluding carboxylic acids is 1. The van der Waals surface area contributed by atoms with E-state index in [-0.39, 0.29) is 0 Å². The van der Waals surface area contributed by atoms with Gasteiger partial charge in [0.05, 0.1) is 10.5 Å². The van der Waals surface area contributed by atoms with E-state index in [9.17, 15) is 4.79 Å². The van der Waals surface area contributed by atoms with Crippen molar-refractivity contribution in [2.75, 3.05) is 0 Å². The Hall–Kier alpha value is -1.28. The Morgan fingerprint density at radius 3 is 3.00 bits per heavy atom. The Labute approximate surface area is 98.6 Å². The number of benzene rings is 1. The second-order valence-electron chi connectivity index (χ2n) is 4.38. The third-order valence-corrected chi connectivity index (χ3v) is 3.70. The SMILES string of the molecule is O=C1CCC(c2c[nH]c3c(Cl)cccc23)C1. The summed E-state index contributed by atoms with van der Waals surface area (Å²) in [6, 6.07) is 5.90. The first-order valence-corrected chi connectivity index (χ1v) is 5.90. The van der Waals surface area contributed by atoms with Gasteiger partial charge >= 0.3 is 0 Å². The molecule has 16 heavy (non-hydrogen) atoms. The molecule has 0 aliphatic heterocycles. The van der Waals surface area contributed by atoms with Crippen LogP contribution in [0.15, 0.2) is 24.4 Å². The number of ketones is 1. The predicted molar refractivity (Wildman–Crippen MR) is 64.9 cm³/mol. The molecule has 1 unspecified atom stereocenters. The van der Waals surface area contributed by atoms with Crippen LogP contribution >= 0.6 is 11.6 Å². The van der Waals surface area contributed by atoms with Gasteiger partial charge in [-0.25, -0.2) is 0 Å². The first-order valence-electron chi connectivity index (χ1n) is 5.53. The van der Waals surface area contributed by atoms with Crippen molar-refractivity contribution < 1.29 is 4.79 Å². The summed E-state index contributed by atoms with van der Waals surface area (Å²) in [6.07, 6.45) is 4.37. The standard InChI is InChI=1S/C13H12ClNO/c14-12-3-1-2-10-11(7-15-13(10)12)8-4-5-9(16)6-8/h1-3,7-8,15H,4-6H2. The normalized spacial score (nSPS) is 20.8. The Balaban J connectivity index is 2.11. The van der Waals surface area contributed by atoms with Crippen molar-refractivity contribution in [3.05, 3.63) is 35.0 Å². The smallest absolute Gasteiger partial charge is 0.133 e. The molecule has 1 aromatic carbocycles. The first-order chi connectivity index (χ1) is 7.75. The van der Waals surface area contributed by atoms with E-state index < -0.39 is 0 Å². The highest BCUT2D eigenvalue weighted by molar-refractivity contribution is 6.35. The molecule has 1 heterocycles. The van der Waals surface area contributed by atoms with Crippen LogP contribution in [-0.4, -0.2) is 10.8 Å². The molecule has 0 spiro atoms. The van der Waals surface area contributed by atoms with Crippen LogP contribution in [0.5, 0.6) is 0 Å². The summed E-state index contributed by atoms with van der Waals surface area (Å²) in [5, 5.41) is 1.90. The van der Waals surface area contributed by atoms with Crippen molar-refractivity contribution >= 4 is 28.3 Å². The molecule has 0 amide bonds. The van der Waals surface area contributed by atoms with Crippen molar-refractivity contribution in [3.63, 3.8) is 0 Å². The zero-order valence-electron chi connectivity index (χ0n) is 8.79.